The number of benzene rings is 2. The molecule has 0 fully saturated rings. The highest BCUT2D eigenvalue weighted by atomic mass is 35.5. The number of nitro groups is 1. The summed E-state index contributed by atoms with van der Waals surface area (Å²) < 4.78 is 10.3. The molecule has 0 unspecified atom stereocenters. The monoisotopic (exact) mass is 434 g/mol. The quantitative estimate of drug-likeness (QED) is 0.333. The van der Waals surface area contributed by atoms with Crippen molar-refractivity contribution in [1.29, 1.82) is 0 Å². The fourth-order valence-corrected chi connectivity index (χ4v) is 2.67. The Hall–Kier alpha value is -3.36. The maximum absolute atomic E-state index is 12.1. The molecule has 1 amide bonds. The summed E-state index contributed by atoms with van der Waals surface area (Å²) in [4.78, 5) is 34.2. The number of ether oxygens (including phenoxy) is 1. The van der Waals surface area contributed by atoms with Gasteiger partial charge in [-0.3, -0.25) is 14.9 Å². The van der Waals surface area contributed by atoms with Gasteiger partial charge in [-0.25, -0.2) is 4.79 Å². The van der Waals surface area contributed by atoms with E-state index in [1.807, 2.05) is 0 Å². The lowest BCUT2D eigenvalue weighted by molar-refractivity contribution is -0.384. The van der Waals surface area contributed by atoms with Crippen molar-refractivity contribution in [2.45, 2.75) is 0 Å². The highest BCUT2D eigenvalue weighted by Crippen LogP contribution is 2.26. The Bertz CT molecular complexity index is 1080. The molecule has 0 aliphatic carbocycles. The minimum Gasteiger partial charge on any atom is -0.450 e. The Morgan fingerprint density at radius 1 is 1.07 bits per heavy atom. The molecule has 0 saturated heterocycles. The Morgan fingerprint density at radius 3 is 2.48 bits per heavy atom. The van der Waals surface area contributed by atoms with Crippen molar-refractivity contribution in [2.24, 2.45) is 0 Å². The summed E-state index contributed by atoms with van der Waals surface area (Å²) >= 11 is 11.8. The van der Waals surface area contributed by atoms with Crippen molar-refractivity contribution in [1.82, 2.24) is 0 Å². The molecule has 10 heteroatoms. The lowest BCUT2D eigenvalue weighted by Gasteiger charge is -2.07. The van der Waals surface area contributed by atoms with E-state index in [9.17, 15) is 19.7 Å². The van der Waals surface area contributed by atoms with E-state index in [4.69, 9.17) is 32.4 Å². The molecule has 0 aliphatic rings. The van der Waals surface area contributed by atoms with Gasteiger partial charge < -0.3 is 14.5 Å². The van der Waals surface area contributed by atoms with Gasteiger partial charge in [0.15, 0.2) is 6.61 Å². The van der Waals surface area contributed by atoms with Crippen LogP contribution >= 0.6 is 23.2 Å². The SMILES string of the molecule is O=C(COC(=O)c1ccc(-c2ccc([N+](=O)[O-])cc2)o1)Nc1cc(Cl)ccc1Cl. The topological polar surface area (TPSA) is 112 Å². The van der Waals surface area contributed by atoms with E-state index in [2.05, 4.69) is 5.32 Å². The number of nitrogens with zero attached hydrogens (tertiary/aromatic N) is 1. The molecule has 0 bridgehead atoms. The predicted molar refractivity (Wildman–Crippen MR) is 106 cm³/mol. The fourth-order valence-electron chi connectivity index (χ4n) is 2.33. The molecule has 0 radical (unpaired) electrons. The first kappa shape index (κ1) is 20.4. The molecule has 3 aromatic rings. The molecular weight excluding hydrogens is 423 g/mol. The number of rotatable bonds is 6. The van der Waals surface area contributed by atoms with Crippen LogP contribution in [0.1, 0.15) is 10.6 Å². The molecule has 3 rings (SSSR count). The minimum atomic E-state index is -0.842. The normalized spacial score (nSPS) is 10.4. The summed E-state index contributed by atoms with van der Waals surface area (Å²) in [6, 6.07) is 13.1. The predicted octanol–water partition coefficient (Wildman–Crippen LogP) is 4.96. The molecule has 0 saturated carbocycles. The van der Waals surface area contributed by atoms with Gasteiger partial charge >= 0.3 is 5.97 Å². The van der Waals surface area contributed by atoms with Gasteiger partial charge in [0.25, 0.3) is 11.6 Å². The molecule has 2 aromatic carbocycles. The number of furan rings is 1. The summed E-state index contributed by atoms with van der Waals surface area (Å²) in [5.74, 6) is -1.25. The van der Waals surface area contributed by atoms with Gasteiger partial charge in [0.05, 0.1) is 15.6 Å². The molecule has 1 N–H and O–H groups in total. The summed E-state index contributed by atoms with van der Waals surface area (Å²) in [7, 11) is 0. The lowest BCUT2D eigenvalue weighted by atomic mass is 10.1. The summed E-state index contributed by atoms with van der Waals surface area (Å²) in [5.41, 5.74) is 0.771. The van der Waals surface area contributed by atoms with Crippen LogP contribution in [0.3, 0.4) is 0 Å². The second kappa shape index (κ2) is 8.76. The zero-order valence-corrected chi connectivity index (χ0v) is 16.1. The third kappa shape index (κ3) is 5.13. The number of halogens is 2. The highest BCUT2D eigenvalue weighted by Gasteiger charge is 2.16. The molecule has 0 aliphatic heterocycles. The average Bonchev–Trinajstić information content (AvgIpc) is 3.19. The van der Waals surface area contributed by atoms with E-state index in [0.29, 0.717) is 22.0 Å². The summed E-state index contributed by atoms with van der Waals surface area (Å²) in [6.07, 6.45) is 0. The number of esters is 1. The molecule has 1 aromatic heterocycles. The first-order valence-corrected chi connectivity index (χ1v) is 8.86. The molecule has 8 nitrogen and oxygen atoms in total. The zero-order chi connectivity index (χ0) is 21.0. The van der Waals surface area contributed by atoms with Gasteiger partial charge in [0.1, 0.15) is 5.76 Å². The van der Waals surface area contributed by atoms with Crippen molar-refractivity contribution >= 4 is 46.5 Å². The van der Waals surface area contributed by atoms with E-state index in [1.165, 1.54) is 48.5 Å². The molecule has 29 heavy (non-hydrogen) atoms. The van der Waals surface area contributed by atoms with Gasteiger partial charge in [-0.15, -0.1) is 0 Å². The molecule has 148 valence electrons. The van der Waals surface area contributed by atoms with Gasteiger partial charge in [-0.2, -0.15) is 0 Å². The smallest absolute Gasteiger partial charge is 0.374 e. The number of carbonyl (C=O) groups is 2. The van der Waals surface area contributed by atoms with Crippen LogP contribution in [-0.2, 0) is 9.53 Å². The second-order valence-corrected chi connectivity index (χ2v) is 6.56. The third-order valence-electron chi connectivity index (χ3n) is 3.71. The van der Waals surface area contributed by atoms with Crippen molar-refractivity contribution < 1.29 is 23.7 Å². The number of amides is 1. The highest BCUT2D eigenvalue weighted by molar-refractivity contribution is 6.35. The Balaban J connectivity index is 1.59. The van der Waals surface area contributed by atoms with Crippen LogP contribution in [0.5, 0.6) is 0 Å². The van der Waals surface area contributed by atoms with Crippen molar-refractivity contribution in [3.63, 3.8) is 0 Å². The van der Waals surface area contributed by atoms with E-state index < -0.39 is 23.4 Å². The molecule has 1 heterocycles. The van der Waals surface area contributed by atoms with Crippen LogP contribution < -0.4 is 5.32 Å². The first-order chi connectivity index (χ1) is 13.8. The van der Waals surface area contributed by atoms with Crippen molar-refractivity contribution in [3.05, 3.63) is 80.5 Å². The number of nitro benzene ring substituents is 1. The standard InChI is InChI=1S/C19H12Cl2N2O6/c20-12-3-6-14(21)15(9-12)22-18(24)10-28-19(25)17-8-7-16(29-17)11-1-4-13(5-2-11)23(26)27/h1-9H,10H2,(H,22,24). The Morgan fingerprint density at radius 2 is 1.79 bits per heavy atom. The van der Waals surface area contributed by atoms with E-state index >= 15 is 0 Å². The Kier molecular flexibility index (Phi) is 6.16. The van der Waals surface area contributed by atoms with Crippen LogP contribution in [0.15, 0.2) is 59.0 Å². The molecular formula is C19H12Cl2N2O6. The molecule has 0 atom stereocenters. The van der Waals surface area contributed by atoms with Gasteiger partial charge in [0.2, 0.25) is 5.76 Å². The third-order valence-corrected chi connectivity index (χ3v) is 4.27. The maximum atomic E-state index is 12.1. The van der Waals surface area contributed by atoms with Gasteiger partial charge in [0, 0.05) is 22.7 Å². The van der Waals surface area contributed by atoms with E-state index in [1.54, 1.807) is 6.07 Å². The number of hydrogen-bond acceptors (Lipinski definition) is 6. The van der Waals surface area contributed by atoms with Crippen LogP contribution in [0.4, 0.5) is 11.4 Å². The van der Waals surface area contributed by atoms with Gasteiger partial charge in [-0.1, -0.05) is 23.2 Å². The zero-order valence-electron chi connectivity index (χ0n) is 14.6. The van der Waals surface area contributed by atoms with Crippen molar-refractivity contribution in [3.8, 4) is 11.3 Å². The Labute approximate surface area is 174 Å². The number of non-ortho nitro benzene ring substituents is 1. The minimum absolute atomic E-state index is 0.0641. The van der Waals surface area contributed by atoms with Crippen molar-refractivity contribution in [2.75, 3.05) is 11.9 Å². The first-order valence-electron chi connectivity index (χ1n) is 8.10. The maximum Gasteiger partial charge on any atom is 0.374 e. The van der Waals surface area contributed by atoms with Crippen LogP contribution in [0.2, 0.25) is 10.0 Å². The lowest BCUT2D eigenvalue weighted by Crippen LogP contribution is -2.20. The largest absolute Gasteiger partial charge is 0.450 e. The second-order valence-electron chi connectivity index (χ2n) is 5.72. The number of hydrogen-bond donors (Lipinski definition) is 1. The number of carbonyl (C=O) groups excluding carboxylic acids is 2. The summed E-state index contributed by atoms with van der Waals surface area (Å²) in [6.45, 7) is -0.560. The van der Waals surface area contributed by atoms with Crippen LogP contribution in [-0.4, -0.2) is 23.4 Å². The molecule has 0 spiro atoms. The fraction of sp³-hybridized carbons (Fsp3) is 0.0526. The summed E-state index contributed by atoms with van der Waals surface area (Å²) in [5, 5.41) is 13.8. The number of anilines is 1. The van der Waals surface area contributed by atoms with Gasteiger partial charge in [-0.05, 0) is 42.5 Å². The van der Waals surface area contributed by atoms with E-state index in [-0.39, 0.29) is 16.5 Å². The van der Waals surface area contributed by atoms with Crippen LogP contribution in [0, 0.1) is 10.1 Å². The average molecular weight is 435 g/mol. The van der Waals surface area contributed by atoms with E-state index in [0.717, 1.165) is 0 Å². The van der Waals surface area contributed by atoms with Crippen LogP contribution in [0.25, 0.3) is 11.3 Å². The number of nitrogens with one attached hydrogen (secondary N) is 1.